The molecular formula is C12H26N2O. The first-order valence-corrected chi connectivity index (χ1v) is 6.29. The highest BCUT2D eigenvalue weighted by Gasteiger charge is 2.20. The van der Waals surface area contributed by atoms with Crippen LogP contribution in [0.4, 0.5) is 0 Å². The maximum Gasteiger partial charge on any atom is 0.0446 e. The molecule has 1 aliphatic carbocycles. The van der Waals surface area contributed by atoms with Crippen molar-refractivity contribution >= 4 is 0 Å². The summed E-state index contributed by atoms with van der Waals surface area (Å²) in [4.78, 5) is 2.41. The third kappa shape index (κ3) is 4.96. The second-order valence-corrected chi connectivity index (χ2v) is 4.79. The summed E-state index contributed by atoms with van der Waals surface area (Å²) < 4.78 is 0. The Morgan fingerprint density at radius 1 is 1.47 bits per heavy atom. The van der Waals surface area contributed by atoms with Gasteiger partial charge in [0, 0.05) is 25.7 Å². The molecule has 0 radical (unpaired) electrons. The fraction of sp³-hybridized carbons (Fsp3) is 1.00. The van der Waals surface area contributed by atoms with E-state index in [0.717, 1.165) is 25.4 Å². The van der Waals surface area contributed by atoms with Gasteiger partial charge < -0.3 is 15.3 Å². The molecule has 0 aliphatic heterocycles. The van der Waals surface area contributed by atoms with Gasteiger partial charge in [-0.1, -0.05) is 13.3 Å². The van der Waals surface area contributed by atoms with Crippen molar-refractivity contribution in [2.45, 2.75) is 38.6 Å². The van der Waals surface area contributed by atoms with Crippen molar-refractivity contribution < 1.29 is 5.11 Å². The molecule has 0 spiro atoms. The van der Waals surface area contributed by atoms with Gasteiger partial charge in [0.25, 0.3) is 0 Å². The average Bonchev–Trinajstić information content (AvgIpc) is 2.12. The summed E-state index contributed by atoms with van der Waals surface area (Å²) in [6.07, 6.45) is 5.11. The Kier molecular flexibility index (Phi) is 6.22. The molecule has 0 aromatic carbocycles. The highest BCUT2D eigenvalue weighted by molar-refractivity contribution is 4.75. The predicted molar refractivity (Wildman–Crippen MR) is 64.0 cm³/mol. The number of likely N-dealkylation sites (N-methyl/N-ethyl adjacent to an activating group) is 2. The molecule has 15 heavy (non-hydrogen) atoms. The summed E-state index contributed by atoms with van der Waals surface area (Å²) in [7, 11) is 2.19. The Bertz CT molecular complexity index is 154. The molecule has 1 rings (SSSR count). The zero-order valence-electron chi connectivity index (χ0n) is 10.2. The molecule has 0 saturated heterocycles. The Morgan fingerprint density at radius 2 is 2.20 bits per heavy atom. The molecule has 0 aromatic heterocycles. The molecule has 0 bridgehead atoms. The maximum atomic E-state index is 8.96. The molecule has 1 unspecified atom stereocenters. The summed E-state index contributed by atoms with van der Waals surface area (Å²) in [5.41, 5.74) is 0. The summed E-state index contributed by atoms with van der Waals surface area (Å²) in [5.74, 6) is 0.936. The molecule has 0 heterocycles. The summed E-state index contributed by atoms with van der Waals surface area (Å²) in [5, 5.41) is 12.4. The van der Waals surface area contributed by atoms with Crippen LogP contribution in [0.3, 0.4) is 0 Å². The first-order chi connectivity index (χ1) is 7.26. The van der Waals surface area contributed by atoms with E-state index >= 15 is 0 Å². The van der Waals surface area contributed by atoms with Gasteiger partial charge in [-0.2, -0.15) is 0 Å². The molecule has 1 aliphatic rings. The van der Waals surface area contributed by atoms with Crippen LogP contribution in [0, 0.1) is 5.92 Å². The van der Waals surface area contributed by atoms with Crippen molar-refractivity contribution in [3.8, 4) is 0 Å². The van der Waals surface area contributed by atoms with E-state index < -0.39 is 0 Å². The van der Waals surface area contributed by atoms with Crippen LogP contribution in [-0.4, -0.2) is 49.3 Å². The van der Waals surface area contributed by atoms with E-state index in [9.17, 15) is 0 Å². The van der Waals surface area contributed by atoms with Gasteiger partial charge in [-0.15, -0.1) is 0 Å². The van der Waals surface area contributed by atoms with Gasteiger partial charge >= 0.3 is 0 Å². The highest BCUT2D eigenvalue weighted by atomic mass is 16.3. The van der Waals surface area contributed by atoms with Crippen molar-refractivity contribution in [1.29, 1.82) is 0 Å². The minimum absolute atomic E-state index is 0.287. The van der Waals surface area contributed by atoms with Gasteiger partial charge in [0.2, 0.25) is 0 Å². The third-order valence-electron chi connectivity index (χ3n) is 3.30. The quantitative estimate of drug-likeness (QED) is 0.634. The molecule has 3 heteroatoms. The average molecular weight is 214 g/mol. The molecule has 1 fully saturated rings. The van der Waals surface area contributed by atoms with E-state index in [0.29, 0.717) is 6.04 Å². The van der Waals surface area contributed by atoms with E-state index in [1.807, 2.05) is 0 Å². The van der Waals surface area contributed by atoms with Gasteiger partial charge in [-0.25, -0.2) is 0 Å². The van der Waals surface area contributed by atoms with Crippen LogP contribution in [0.5, 0.6) is 0 Å². The fourth-order valence-corrected chi connectivity index (χ4v) is 2.27. The Labute approximate surface area is 93.9 Å². The minimum Gasteiger partial charge on any atom is -0.396 e. The van der Waals surface area contributed by atoms with E-state index in [1.165, 1.54) is 25.8 Å². The SMILES string of the molecule is CCNC(CCO)CN(C)CC1CCC1. The van der Waals surface area contributed by atoms with Gasteiger partial charge in [-0.05, 0) is 38.8 Å². The van der Waals surface area contributed by atoms with Crippen LogP contribution in [0.25, 0.3) is 0 Å². The van der Waals surface area contributed by atoms with Crippen LogP contribution in [0.1, 0.15) is 32.6 Å². The van der Waals surface area contributed by atoms with Crippen LogP contribution in [0.15, 0.2) is 0 Å². The monoisotopic (exact) mass is 214 g/mol. The van der Waals surface area contributed by atoms with Crippen molar-refractivity contribution in [3.05, 3.63) is 0 Å². The lowest BCUT2D eigenvalue weighted by molar-refractivity contribution is 0.179. The highest BCUT2D eigenvalue weighted by Crippen LogP contribution is 2.26. The predicted octanol–water partition coefficient (Wildman–Crippen LogP) is 1.08. The number of hydrogen-bond acceptors (Lipinski definition) is 3. The lowest BCUT2D eigenvalue weighted by atomic mass is 9.85. The normalized spacial score (nSPS) is 19.2. The largest absolute Gasteiger partial charge is 0.396 e. The van der Waals surface area contributed by atoms with E-state index in [-0.39, 0.29) is 6.61 Å². The van der Waals surface area contributed by atoms with Crippen molar-refractivity contribution in [1.82, 2.24) is 10.2 Å². The summed E-state index contributed by atoms with van der Waals surface area (Å²) >= 11 is 0. The number of aliphatic hydroxyl groups is 1. The van der Waals surface area contributed by atoms with E-state index in [2.05, 4.69) is 24.2 Å². The minimum atomic E-state index is 0.287. The van der Waals surface area contributed by atoms with Gasteiger partial charge in [0.1, 0.15) is 0 Å². The standard InChI is InChI=1S/C12H26N2O/c1-3-13-12(7-8-15)10-14(2)9-11-5-4-6-11/h11-13,15H,3-10H2,1-2H3. The molecule has 1 atom stereocenters. The van der Waals surface area contributed by atoms with E-state index in [1.54, 1.807) is 0 Å². The topological polar surface area (TPSA) is 35.5 Å². The maximum absolute atomic E-state index is 8.96. The Balaban J connectivity index is 2.15. The lowest BCUT2D eigenvalue weighted by Gasteiger charge is -2.32. The van der Waals surface area contributed by atoms with Crippen LogP contribution in [0.2, 0.25) is 0 Å². The number of nitrogens with zero attached hydrogens (tertiary/aromatic N) is 1. The number of aliphatic hydroxyl groups excluding tert-OH is 1. The third-order valence-corrected chi connectivity index (χ3v) is 3.30. The summed E-state index contributed by atoms with van der Waals surface area (Å²) in [6.45, 7) is 5.69. The fourth-order valence-electron chi connectivity index (χ4n) is 2.27. The molecule has 0 amide bonds. The first kappa shape index (κ1) is 12.9. The zero-order chi connectivity index (χ0) is 11.1. The number of hydrogen-bond donors (Lipinski definition) is 2. The molecule has 0 aromatic rings. The smallest absolute Gasteiger partial charge is 0.0446 e. The van der Waals surface area contributed by atoms with Crippen LogP contribution < -0.4 is 5.32 Å². The lowest BCUT2D eigenvalue weighted by Crippen LogP contribution is -2.42. The van der Waals surface area contributed by atoms with E-state index in [4.69, 9.17) is 5.11 Å². The number of rotatable bonds is 8. The van der Waals surface area contributed by atoms with Gasteiger partial charge in [0.15, 0.2) is 0 Å². The second kappa shape index (κ2) is 7.20. The van der Waals surface area contributed by atoms with Crippen molar-refractivity contribution in [2.24, 2.45) is 5.92 Å². The Hall–Kier alpha value is -0.120. The molecule has 1 saturated carbocycles. The van der Waals surface area contributed by atoms with Crippen LogP contribution >= 0.6 is 0 Å². The van der Waals surface area contributed by atoms with Gasteiger partial charge in [0.05, 0.1) is 0 Å². The van der Waals surface area contributed by atoms with Crippen molar-refractivity contribution in [3.63, 3.8) is 0 Å². The van der Waals surface area contributed by atoms with Crippen molar-refractivity contribution in [2.75, 3.05) is 33.3 Å². The van der Waals surface area contributed by atoms with Gasteiger partial charge in [-0.3, -0.25) is 0 Å². The van der Waals surface area contributed by atoms with Crippen LogP contribution in [-0.2, 0) is 0 Å². The zero-order valence-corrected chi connectivity index (χ0v) is 10.2. The first-order valence-electron chi connectivity index (χ1n) is 6.29. The molecular weight excluding hydrogens is 188 g/mol. The number of nitrogens with one attached hydrogen (secondary N) is 1. The molecule has 3 nitrogen and oxygen atoms in total. The summed E-state index contributed by atoms with van der Waals surface area (Å²) in [6, 6.07) is 0.449. The molecule has 2 N–H and O–H groups in total. The second-order valence-electron chi connectivity index (χ2n) is 4.79. The Morgan fingerprint density at radius 3 is 2.67 bits per heavy atom. The molecule has 90 valence electrons.